The minimum atomic E-state index is -4.58. The van der Waals surface area contributed by atoms with Crippen LogP contribution in [0, 0.1) is 0 Å². The Balaban J connectivity index is 1.56. The Morgan fingerprint density at radius 1 is 1.09 bits per heavy atom. The molecule has 1 aromatic carbocycles. The fraction of sp³-hybridized carbons (Fsp3) is 0.360. The molecule has 0 saturated carbocycles. The van der Waals surface area contributed by atoms with E-state index in [1.807, 2.05) is 6.07 Å². The minimum Gasteiger partial charge on any atom is -0.342 e. The van der Waals surface area contributed by atoms with Crippen LogP contribution in [0.1, 0.15) is 35.4 Å². The molecule has 10 heteroatoms. The summed E-state index contributed by atoms with van der Waals surface area (Å²) >= 11 is 0. The molecule has 1 N–H and O–H groups in total. The van der Waals surface area contributed by atoms with Gasteiger partial charge in [0.25, 0.3) is 0 Å². The van der Waals surface area contributed by atoms with E-state index in [1.54, 1.807) is 55.8 Å². The van der Waals surface area contributed by atoms with Crippen molar-refractivity contribution in [2.45, 2.75) is 50.9 Å². The molecule has 2 amide bonds. The molecule has 35 heavy (non-hydrogen) atoms. The Bertz CT molecular complexity index is 1180. The molecule has 2 heterocycles. The Hall–Kier alpha value is -3.69. The SMILES string of the molecule is CN(C(=O)[C@H](Cc1ccncc1)NC(=O)Cn1nc(C(F)(F)F)c2c1CCCC2)c1ccccc1. The minimum absolute atomic E-state index is 0.171. The molecule has 1 aliphatic carbocycles. The number of amides is 2. The number of rotatable bonds is 7. The van der Waals surface area contributed by atoms with E-state index in [0.717, 1.165) is 16.7 Å². The Morgan fingerprint density at radius 3 is 2.46 bits per heavy atom. The summed E-state index contributed by atoms with van der Waals surface area (Å²) in [5.41, 5.74) is 1.13. The van der Waals surface area contributed by atoms with E-state index in [0.29, 0.717) is 24.2 Å². The highest BCUT2D eigenvalue weighted by molar-refractivity contribution is 5.99. The molecule has 3 aromatic rings. The van der Waals surface area contributed by atoms with Crippen LogP contribution < -0.4 is 10.2 Å². The number of likely N-dealkylation sites (N-methyl/N-ethyl adjacent to an activating group) is 1. The molecule has 1 aliphatic rings. The van der Waals surface area contributed by atoms with Crippen LogP contribution in [0.3, 0.4) is 0 Å². The number of carbonyl (C=O) groups excluding carboxylic acids is 2. The first-order chi connectivity index (χ1) is 16.7. The smallest absolute Gasteiger partial charge is 0.342 e. The first-order valence-corrected chi connectivity index (χ1v) is 11.4. The highest BCUT2D eigenvalue weighted by atomic mass is 19.4. The van der Waals surface area contributed by atoms with E-state index in [-0.39, 0.29) is 24.3 Å². The normalized spacial score (nSPS) is 14.2. The number of nitrogens with zero attached hydrogens (tertiary/aromatic N) is 4. The number of benzene rings is 1. The lowest BCUT2D eigenvalue weighted by molar-refractivity contribution is -0.142. The molecular weight excluding hydrogens is 459 g/mol. The first-order valence-electron chi connectivity index (χ1n) is 11.4. The van der Waals surface area contributed by atoms with E-state index < -0.39 is 30.4 Å². The molecule has 7 nitrogen and oxygen atoms in total. The second-order valence-electron chi connectivity index (χ2n) is 8.55. The van der Waals surface area contributed by atoms with E-state index in [1.165, 1.54) is 4.90 Å². The number of halogens is 3. The number of para-hydroxylation sites is 1. The van der Waals surface area contributed by atoms with Crippen molar-refractivity contribution in [2.24, 2.45) is 0 Å². The van der Waals surface area contributed by atoms with Crippen molar-refractivity contribution in [3.8, 4) is 0 Å². The predicted molar refractivity (Wildman–Crippen MR) is 124 cm³/mol. The number of alkyl halides is 3. The second kappa shape index (κ2) is 10.3. The summed E-state index contributed by atoms with van der Waals surface area (Å²) in [4.78, 5) is 31.7. The van der Waals surface area contributed by atoms with E-state index in [9.17, 15) is 22.8 Å². The van der Waals surface area contributed by atoms with Crippen molar-refractivity contribution in [1.29, 1.82) is 0 Å². The summed E-state index contributed by atoms with van der Waals surface area (Å²) in [6.07, 6.45) is 0.919. The zero-order chi connectivity index (χ0) is 25.0. The molecule has 1 atom stereocenters. The van der Waals surface area contributed by atoms with Gasteiger partial charge >= 0.3 is 6.18 Å². The van der Waals surface area contributed by atoms with Gasteiger partial charge in [-0.1, -0.05) is 18.2 Å². The lowest BCUT2D eigenvalue weighted by atomic mass is 9.95. The van der Waals surface area contributed by atoms with Gasteiger partial charge in [0.1, 0.15) is 12.6 Å². The number of anilines is 1. The van der Waals surface area contributed by atoms with Crippen molar-refractivity contribution >= 4 is 17.5 Å². The number of aromatic nitrogens is 3. The zero-order valence-electron chi connectivity index (χ0n) is 19.3. The Morgan fingerprint density at radius 2 is 1.77 bits per heavy atom. The number of pyridine rings is 1. The van der Waals surface area contributed by atoms with Crippen molar-refractivity contribution in [3.05, 3.63) is 77.4 Å². The largest absolute Gasteiger partial charge is 0.435 e. The third kappa shape index (κ3) is 5.70. The topological polar surface area (TPSA) is 80.1 Å². The first kappa shape index (κ1) is 24.4. The van der Waals surface area contributed by atoms with Gasteiger partial charge in [0.2, 0.25) is 11.8 Å². The van der Waals surface area contributed by atoms with Crippen molar-refractivity contribution in [3.63, 3.8) is 0 Å². The summed E-state index contributed by atoms with van der Waals surface area (Å²) in [5.74, 6) is -0.927. The van der Waals surface area contributed by atoms with Crippen LogP contribution in [0.5, 0.6) is 0 Å². The maximum atomic E-state index is 13.5. The lowest BCUT2D eigenvalue weighted by Crippen LogP contribution is -2.49. The van der Waals surface area contributed by atoms with Crippen LogP contribution in [0.15, 0.2) is 54.9 Å². The van der Waals surface area contributed by atoms with Crippen LogP contribution in [0.25, 0.3) is 0 Å². The van der Waals surface area contributed by atoms with Crippen LogP contribution >= 0.6 is 0 Å². The number of nitrogens with one attached hydrogen (secondary N) is 1. The van der Waals surface area contributed by atoms with Crippen molar-refractivity contribution < 1.29 is 22.8 Å². The highest BCUT2D eigenvalue weighted by Gasteiger charge is 2.39. The molecule has 4 rings (SSSR count). The quantitative estimate of drug-likeness (QED) is 0.555. The van der Waals surface area contributed by atoms with Gasteiger partial charge in [0.15, 0.2) is 5.69 Å². The molecule has 0 fully saturated rings. The fourth-order valence-corrected chi connectivity index (χ4v) is 4.37. The van der Waals surface area contributed by atoms with Gasteiger partial charge in [-0.05, 0) is 55.5 Å². The molecule has 0 bridgehead atoms. The number of carbonyl (C=O) groups is 2. The molecule has 0 radical (unpaired) electrons. The molecule has 0 aliphatic heterocycles. The van der Waals surface area contributed by atoms with Crippen molar-refractivity contribution in [2.75, 3.05) is 11.9 Å². The summed E-state index contributed by atoms with van der Waals surface area (Å²) in [7, 11) is 1.61. The van der Waals surface area contributed by atoms with Crippen LogP contribution in [-0.2, 0) is 41.6 Å². The molecule has 184 valence electrons. The van der Waals surface area contributed by atoms with Gasteiger partial charge in [-0.25, -0.2) is 0 Å². The molecular formula is C25H26F3N5O2. The van der Waals surface area contributed by atoms with Crippen LogP contribution in [0.2, 0.25) is 0 Å². The van der Waals surface area contributed by atoms with E-state index in [2.05, 4.69) is 15.4 Å². The summed E-state index contributed by atoms with van der Waals surface area (Å²) in [6.45, 7) is -0.395. The van der Waals surface area contributed by atoms with Gasteiger partial charge in [0, 0.05) is 42.8 Å². The van der Waals surface area contributed by atoms with Crippen LogP contribution in [0.4, 0.5) is 18.9 Å². The third-order valence-corrected chi connectivity index (χ3v) is 6.12. The maximum absolute atomic E-state index is 13.5. The molecule has 0 spiro atoms. The standard InChI is InChI=1S/C25H26F3N5O2/c1-32(18-7-3-2-4-8-18)24(35)20(15-17-11-13-29-14-12-17)30-22(34)16-33-21-10-6-5-9-19(21)23(31-33)25(26,27)28/h2-4,7-8,11-14,20H,5-6,9-10,15-16H2,1H3,(H,30,34)/t20-/m0/s1. The van der Waals surface area contributed by atoms with Gasteiger partial charge in [-0.3, -0.25) is 19.3 Å². The van der Waals surface area contributed by atoms with Crippen molar-refractivity contribution in [1.82, 2.24) is 20.1 Å². The van der Waals surface area contributed by atoms with Gasteiger partial charge in [-0.2, -0.15) is 18.3 Å². The monoisotopic (exact) mass is 485 g/mol. The Kier molecular flexibility index (Phi) is 7.18. The maximum Gasteiger partial charge on any atom is 0.435 e. The van der Waals surface area contributed by atoms with Gasteiger partial charge < -0.3 is 10.2 Å². The molecule has 0 unspecified atom stereocenters. The van der Waals surface area contributed by atoms with Gasteiger partial charge in [-0.15, -0.1) is 0 Å². The number of fused-ring (bicyclic) bond motifs is 1. The number of hydrogen-bond donors (Lipinski definition) is 1. The number of hydrogen-bond acceptors (Lipinski definition) is 4. The summed E-state index contributed by atoms with van der Waals surface area (Å²) in [6, 6.07) is 11.5. The average Bonchev–Trinajstić information content (AvgIpc) is 3.23. The van der Waals surface area contributed by atoms with E-state index >= 15 is 0 Å². The lowest BCUT2D eigenvalue weighted by Gasteiger charge is -2.25. The van der Waals surface area contributed by atoms with E-state index in [4.69, 9.17) is 0 Å². The highest BCUT2D eigenvalue weighted by Crippen LogP contribution is 2.35. The van der Waals surface area contributed by atoms with Gasteiger partial charge in [0.05, 0.1) is 0 Å². The second-order valence-corrected chi connectivity index (χ2v) is 8.55. The summed E-state index contributed by atoms with van der Waals surface area (Å²) in [5, 5.41) is 6.48. The average molecular weight is 486 g/mol. The fourth-order valence-electron chi connectivity index (χ4n) is 4.37. The third-order valence-electron chi connectivity index (χ3n) is 6.12. The molecule has 0 saturated heterocycles. The predicted octanol–water partition coefficient (Wildman–Crippen LogP) is 3.57. The molecule has 2 aromatic heterocycles. The Labute approximate surface area is 201 Å². The van der Waals surface area contributed by atoms with Crippen LogP contribution in [-0.4, -0.2) is 39.7 Å². The zero-order valence-corrected chi connectivity index (χ0v) is 19.3. The summed E-state index contributed by atoms with van der Waals surface area (Å²) < 4.78 is 41.7.